The van der Waals surface area contributed by atoms with Crippen molar-refractivity contribution in [2.45, 2.75) is 12.0 Å². The topological polar surface area (TPSA) is 76.7 Å². The Morgan fingerprint density at radius 2 is 2.14 bits per heavy atom. The van der Waals surface area contributed by atoms with Gasteiger partial charge in [0.1, 0.15) is 5.60 Å². The van der Waals surface area contributed by atoms with Gasteiger partial charge in [0.15, 0.2) is 0 Å². The first-order valence-electron chi connectivity index (χ1n) is 7.03. The first-order valence-corrected chi connectivity index (χ1v) is 7.03. The zero-order chi connectivity index (χ0) is 16.0. The molecule has 1 heterocycles. The van der Waals surface area contributed by atoms with E-state index in [1.165, 1.54) is 6.08 Å². The third-order valence-corrected chi connectivity index (χ3v) is 3.67. The molecule has 22 heavy (non-hydrogen) atoms. The Hall–Kier alpha value is -2.18. The number of anilines is 1. The van der Waals surface area contributed by atoms with Crippen molar-refractivity contribution < 1.29 is 19.1 Å². The monoisotopic (exact) mass is 304 g/mol. The molecule has 1 aliphatic heterocycles. The molecule has 1 aliphatic rings. The zero-order valence-electron chi connectivity index (χ0n) is 12.6. The van der Waals surface area contributed by atoms with Crippen molar-refractivity contribution in [2.75, 3.05) is 32.2 Å². The van der Waals surface area contributed by atoms with Crippen LogP contribution in [0.1, 0.15) is 16.8 Å². The summed E-state index contributed by atoms with van der Waals surface area (Å²) in [6, 6.07) is 6.64. The molecule has 1 aromatic rings. The Morgan fingerprint density at radius 1 is 1.41 bits per heavy atom. The second-order valence-electron chi connectivity index (χ2n) is 5.14. The average molecular weight is 304 g/mol. The summed E-state index contributed by atoms with van der Waals surface area (Å²) in [6.07, 6.45) is 1.95. The number of hydrogen-bond donors (Lipinski definition) is 2. The fourth-order valence-corrected chi connectivity index (χ4v) is 2.20. The van der Waals surface area contributed by atoms with Gasteiger partial charge < -0.3 is 20.1 Å². The van der Waals surface area contributed by atoms with Crippen LogP contribution in [0.3, 0.4) is 0 Å². The standard InChI is InChI=1S/C16H20N2O4/c1-3-14(19)18-13-6-4-12(5-7-13)15(20)17-10-16(21-2)8-9-22-11-16/h3-7H,1,8-11H2,2H3,(H,17,20)(H,18,19). The molecule has 0 aliphatic carbocycles. The van der Waals surface area contributed by atoms with Crippen molar-refractivity contribution in [1.82, 2.24) is 5.32 Å². The second-order valence-corrected chi connectivity index (χ2v) is 5.14. The number of hydrogen-bond acceptors (Lipinski definition) is 4. The normalized spacial score (nSPS) is 20.4. The van der Waals surface area contributed by atoms with Gasteiger partial charge in [0.25, 0.3) is 5.91 Å². The maximum Gasteiger partial charge on any atom is 0.251 e. The molecule has 0 bridgehead atoms. The van der Waals surface area contributed by atoms with E-state index in [1.54, 1.807) is 31.4 Å². The van der Waals surface area contributed by atoms with Gasteiger partial charge in [-0.25, -0.2) is 0 Å². The molecule has 6 nitrogen and oxygen atoms in total. The molecule has 0 saturated carbocycles. The fraction of sp³-hybridized carbons (Fsp3) is 0.375. The molecule has 1 unspecified atom stereocenters. The number of amides is 2. The van der Waals surface area contributed by atoms with E-state index < -0.39 is 5.60 Å². The summed E-state index contributed by atoms with van der Waals surface area (Å²) in [7, 11) is 1.62. The second kappa shape index (κ2) is 7.20. The molecule has 1 saturated heterocycles. The van der Waals surface area contributed by atoms with Gasteiger partial charge in [0.2, 0.25) is 5.91 Å². The highest BCUT2D eigenvalue weighted by molar-refractivity contribution is 5.99. The van der Waals surface area contributed by atoms with Gasteiger partial charge in [0, 0.05) is 37.9 Å². The van der Waals surface area contributed by atoms with Crippen molar-refractivity contribution in [2.24, 2.45) is 0 Å². The van der Waals surface area contributed by atoms with Gasteiger partial charge >= 0.3 is 0 Å². The summed E-state index contributed by atoms with van der Waals surface area (Å²) in [5.74, 6) is -0.481. The molecule has 0 aromatic heterocycles. The summed E-state index contributed by atoms with van der Waals surface area (Å²) < 4.78 is 10.8. The third kappa shape index (κ3) is 3.93. The minimum Gasteiger partial charge on any atom is -0.378 e. The number of benzene rings is 1. The van der Waals surface area contributed by atoms with E-state index in [2.05, 4.69) is 17.2 Å². The highest BCUT2D eigenvalue weighted by Gasteiger charge is 2.35. The van der Waals surface area contributed by atoms with Crippen molar-refractivity contribution in [3.63, 3.8) is 0 Å². The zero-order valence-corrected chi connectivity index (χ0v) is 12.6. The van der Waals surface area contributed by atoms with E-state index in [0.29, 0.717) is 31.0 Å². The Morgan fingerprint density at radius 3 is 2.68 bits per heavy atom. The lowest BCUT2D eigenvalue weighted by atomic mass is 10.0. The van der Waals surface area contributed by atoms with Crippen LogP contribution in [0.4, 0.5) is 5.69 Å². The third-order valence-electron chi connectivity index (χ3n) is 3.67. The van der Waals surface area contributed by atoms with E-state index >= 15 is 0 Å². The maximum atomic E-state index is 12.1. The van der Waals surface area contributed by atoms with Crippen LogP contribution in [0.5, 0.6) is 0 Å². The minimum absolute atomic E-state index is 0.190. The van der Waals surface area contributed by atoms with Gasteiger partial charge in [-0.3, -0.25) is 9.59 Å². The Bertz CT molecular complexity index is 548. The number of carbonyl (C=O) groups is 2. The smallest absolute Gasteiger partial charge is 0.251 e. The predicted molar refractivity (Wildman–Crippen MR) is 82.8 cm³/mol. The fourth-order valence-electron chi connectivity index (χ4n) is 2.20. The molecule has 0 spiro atoms. The molecule has 2 N–H and O–H groups in total. The van der Waals surface area contributed by atoms with Crippen LogP contribution in [0, 0.1) is 0 Å². The van der Waals surface area contributed by atoms with Crippen molar-refractivity contribution in [3.8, 4) is 0 Å². The molecule has 1 fully saturated rings. The molecule has 1 atom stereocenters. The van der Waals surface area contributed by atoms with Crippen molar-refractivity contribution in [3.05, 3.63) is 42.5 Å². The number of rotatable bonds is 6. The Balaban J connectivity index is 1.92. The van der Waals surface area contributed by atoms with Crippen LogP contribution in [-0.2, 0) is 14.3 Å². The van der Waals surface area contributed by atoms with Crippen LogP contribution < -0.4 is 10.6 Å². The first kappa shape index (κ1) is 16.2. The maximum absolute atomic E-state index is 12.1. The van der Waals surface area contributed by atoms with E-state index in [4.69, 9.17) is 9.47 Å². The molecule has 118 valence electrons. The minimum atomic E-state index is -0.437. The Labute approximate surface area is 129 Å². The van der Waals surface area contributed by atoms with Crippen LogP contribution in [0.25, 0.3) is 0 Å². The number of methoxy groups -OCH3 is 1. The van der Waals surface area contributed by atoms with Gasteiger partial charge in [-0.2, -0.15) is 0 Å². The number of nitrogens with one attached hydrogen (secondary N) is 2. The molecule has 1 aromatic carbocycles. The number of ether oxygens (including phenoxy) is 2. The molecule has 2 amide bonds. The largest absolute Gasteiger partial charge is 0.378 e. The van der Waals surface area contributed by atoms with Crippen LogP contribution in [0.15, 0.2) is 36.9 Å². The van der Waals surface area contributed by atoms with Gasteiger partial charge in [-0.05, 0) is 30.3 Å². The summed E-state index contributed by atoms with van der Waals surface area (Å²) in [5, 5.41) is 5.48. The number of carbonyl (C=O) groups excluding carboxylic acids is 2. The van der Waals surface area contributed by atoms with Crippen molar-refractivity contribution >= 4 is 17.5 Å². The lowest BCUT2D eigenvalue weighted by molar-refractivity contribution is -0.111. The van der Waals surface area contributed by atoms with E-state index in [9.17, 15) is 9.59 Å². The predicted octanol–water partition coefficient (Wildman–Crippen LogP) is 1.35. The highest BCUT2D eigenvalue weighted by atomic mass is 16.5. The van der Waals surface area contributed by atoms with E-state index in [0.717, 1.165) is 6.42 Å². The summed E-state index contributed by atoms with van der Waals surface area (Å²) in [6.45, 7) is 4.90. The first-order chi connectivity index (χ1) is 10.6. The molecule has 6 heteroatoms. The van der Waals surface area contributed by atoms with Gasteiger partial charge in [0.05, 0.1) is 6.61 Å². The van der Waals surface area contributed by atoms with Crippen LogP contribution in [-0.4, -0.2) is 44.3 Å². The van der Waals surface area contributed by atoms with Crippen LogP contribution >= 0.6 is 0 Å². The summed E-state index contributed by atoms with van der Waals surface area (Å²) >= 11 is 0. The SMILES string of the molecule is C=CC(=O)Nc1ccc(C(=O)NCC2(OC)CCOC2)cc1. The highest BCUT2D eigenvalue weighted by Crippen LogP contribution is 2.21. The molecular weight excluding hydrogens is 284 g/mol. The molecular formula is C16H20N2O4. The Kier molecular flexibility index (Phi) is 5.30. The summed E-state index contributed by atoms with van der Waals surface area (Å²) in [4.78, 5) is 23.3. The quantitative estimate of drug-likeness (QED) is 0.778. The lowest BCUT2D eigenvalue weighted by Gasteiger charge is -2.25. The average Bonchev–Trinajstić information content (AvgIpc) is 3.02. The van der Waals surface area contributed by atoms with E-state index in [1.807, 2.05) is 0 Å². The summed E-state index contributed by atoms with van der Waals surface area (Å²) in [5.41, 5.74) is 0.689. The molecule has 2 rings (SSSR count). The van der Waals surface area contributed by atoms with E-state index in [-0.39, 0.29) is 11.8 Å². The molecule has 0 radical (unpaired) electrons. The lowest BCUT2D eigenvalue weighted by Crippen LogP contribution is -2.45. The van der Waals surface area contributed by atoms with Gasteiger partial charge in [-0.1, -0.05) is 6.58 Å². The van der Waals surface area contributed by atoms with Gasteiger partial charge in [-0.15, -0.1) is 0 Å². The van der Waals surface area contributed by atoms with Crippen molar-refractivity contribution in [1.29, 1.82) is 0 Å². The van der Waals surface area contributed by atoms with Crippen LogP contribution in [0.2, 0.25) is 0 Å².